The molecule has 0 radical (unpaired) electrons. The maximum atomic E-state index is 9.00. The van der Waals surface area contributed by atoms with Crippen LogP contribution in [-0.4, -0.2) is 37.1 Å². The van der Waals surface area contributed by atoms with Crippen molar-refractivity contribution in [1.29, 1.82) is 5.26 Å². The summed E-state index contributed by atoms with van der Waals surface area (Å²) in [5.41, 5.74) is 0. The molecule has 1 fully saturated rings. The molecule has 3 heteroatoms. The first-order valence-corrected chi connectivity index (χ1v) is 6.65. The molecule has 0 heterocycles. The highest BCUT2D eigenvalue weighted by atomic mass is 15.1. The van der Waals surface area contributed by atoms with Gasteiger partial charge in [0.25, 0.3) is 0 Å². The van der Waals surface area contributed by atoms with Crippen LogP contribution in [0.2, 0.25) is 0 Å². The van der Waals surface area contributed by atoms with Crippen LogP contribution in [-0.2, 0) is 0 Å². The third kappa shape index (κ3) is 5.48. The van der Waals surface area contributed by atoms with Crippen molar-refractivity contribution in [3.63, 3.8) is 0 Å². The third-order valence-corrected chi connectivity index (χ3v) is 3.19. The van der Waals surface area contributed by atoms with E-state index < -0.39 is 0 Å². The van der Waals surface area contributed by atoms with Crippen LogP contribution in [0, 0.1) is 17.2 Å². The van der Waals surface area contributed by atoms with Gasteiger partial charge in [0.1, 0.15) is 0 Å². The van der Waals surface area contributed by atoms with E-state index in [4.69, 9.17) is 5.26 Å². The first-order valence-electron chi connectivity index (χ1n) is 6.65. The zero-order valence-electron chi connectivity index (χ0n) is 10.7. The Balaban J connectivity index is 2.15. The monoisotopic (exact) mass is 223 g/mol. The largest absolute Gasteiger partial charge is 0.303 e. The van der Waals surface area contributed by atoms with Crippen molar-refractivity contribution in [3.8, 4) is 6.07 Å². The number of nitriles is 1. The SMILES string of the molecule is CCCNC(C#N)CCN(CC)CC1CC1. The lowest BCUT2D eigenvalue weighted by Crippen LogP contribution is -2.34. The van der Waals surface area contributed by atoms with Crippen LogP contribution in [0.5, 0.6) is 0 Å². The second-order valence-electron chi connectivity index (χ2n) is 4.76. The van der Waals surface area contributed by atoms with E-state index in [0.717, 1.165) is 38.4 Å². The molecule has 0 amide bonds. The highest BCUT2D eigenvalue weighted by Gasteiger charge is 2.23. The van der Waals surface area contributed by atoms with Crippen LogP contribution in [0.3, 0.4) is 0 Å². The molecule has 0 aliphatic heterocycles. The van der Waals surface area contributed by atoms with E-state index in [1.165, 1.54) is 19.4 Å². The normalized spacial score (nSPS) is 17.4. The van der Waals surface area contributed by atoms with Crippen LogP contribution in [0.15, 0.2) is 0 Å². The minimum atomic E-state index is 0.0354. The van der Waals surface area contributed by atoms with Gasteiger partial charge >= 0.3 is 0 Å². The fourth-order valence-corrected chi connectivity index (χ4v) is 1.89. The molecule has 0 spiro atoms. The summed E-state index contributed by atoms with van der Waals surface area (Å²) < 4.78 is 0. The lowest BCUT2D eigenvalue weighted by molar-refractivity contribution is 0.265. The molecular weight excluding hydrogens is 198 g/mol. The molecule has 0 saturated heterocycles. The number of nitrogens with one attached hydrogen (secondary N) is 1. The summed E-state index contributed by atoms with van der Waals surface area (Å²) in [7, 11) is 0. The summed E-state index contributed by atoms with van der Waals surface area (Å²) in [6.45, 7) is 8.70. The van der Waals surface area contributed by atoms with E-state index in [2.05, 4.69) is 30.1 Å². The second-order valence-corrected chi connectivity index (χ2v) is 4.76. The van der Waals surface area contributed by atoms with E-state index in [0.29, 0.717) is 0 Å². The van der Waals surface area contributed by atoms with Gasteiger partial charge in [-0.1, -0.05) is 13.8 Å². The van der Waals surface area contributed by atoms with E-state index in [9.17, 15) is 0 Å². The van der Waals surface area contributed by atoms with Gasteiger partial charge < -0.3 is 10.2 Å². The molecule has 3 nitrogen and oxygen atoms in total. The smallest absolute Gasteiger partial charge is 0.0965 e. The topological polar surface area (TPSA) is 39.1 Å². The third-order valence-electron chi connectivity index (χ3n) is 3.19. The Bertz CT molecular complexity index is 218. The summed E-state index contributed by atoms with van der Waals surface area (Å²) in [6, 6.07) is 2.38. The maximum Gasteiger partial charge on any atom is 0.0965 e. The minimum Gasteiger partial charge on any atom is -0.303 e. The summed E-state index contributed by atoms with van der Waals surface area (Å²) in [6.07, 6.45) is 4.87. The Labute approximate surface area is 99.8 Å². The Hall–Kier alpha value is -0.590. The van der Waals surface area contributed by atoms with Crippen molar-refractivity contribution >= 4 is 0 Å². The molecule has 0 aromatic rings. The fourth-order valence-electron chi connectivity index (χ4n) is 1.89. The molecule has 1 unspecified atom stereocenters. The Morgan fingerprint density at radius 3 is 2.69 bits per heavy atom. The van der Waals surface area contributed by atoms with Crippen LogP contribution < -0.4 is 5.32 Å². The van der Waals surface area contributed by atoms with Gasteiger partial charge in [-0.15, -0.1) is 0 Å². The second kappa shape index (κ2) is 7.65. The van der Waals surface area contributed by atoms with Crippen molar-refractivity contribution in [2.45, 2.75) is 45.6 Å². The number of hydrogen-bond acceptors (Lipinski definition) is 3. The average Bonchev–Trinajstić information content (AvgIpc) is 3.11. The van der Waals surface area contributed by atoms with Gasteiger partial charge in [-0.2, -0.15) is 5.26 Å². The van der Waals surface area contributed by atoms with Crippen molar-refractivity contribution in [1.82, 2.24) is 10.2 Å². The average molecular weight is 223 g/mol. The van der Waals surface area contributed by atoms with Gasteiger partial charge in [0, 0.05) is 13.1 Å². The number of rotatable bonds is 9. The van der Waals surface area contributed by atoms with E-state index in [-0.39, 0.29) is 6.04 Å². The standard InChI is InChI=1S/C13H25N3/c1-3-8-15-13(10-14)7-9-16(4-2)11-12-5-6-12/h12-13,15H,3-9,11H2,1-2H3. The molecule has 1 atom stereocenters. The predicted molar refractivity (Wildman–Crippen MR) is 67.1 cm³/mol. The van der Waals surface area contributed by atoms with Crippen molar-refractivity contribution < 1.29 is 0 Å². The minimum absolute atomic E-state index is 0.0354. The van der Waals surface area contributed by atoms with Crippen molar-refractivity contribution in [2.24, 2.45) is 5.92 Å². The molecule has 0 aromatic heterocycles. The predicted octanol–water partition coefficient (Wildman–Crippen LogP) is 2.00. The molecule has 1 rings (SSSR count). The first kappa shape index (κ1) is 13.5. The van der Waals surface area contributed by atoms with Crippen molar-refractivity contribution in [2.75, 3.05) is 26.2 Å². The molecule has 1 saturated carbocycles. The van der Waals surface area contributed by atoms with Gasteiger partial charge in [-0.3, -0.25) is 0 Å². The molecule has 0 bridgehead atoms. The molecular formula is C13H25N3. The molecule has 16 heavy (non-hydrogen) atoms. The van der Waals surface area contributed by atoms with Crippen LogP contribution >= 0.6 is 0 Å². The lowest BCUT2D eigenvalue weighted by atomic mass is 10.2. The first-order chi connectivity index (χ1) is 7.80. The molecule has 1 aliphatic rings. The fraction of sp³-hybridized carbons (Fsp3) is 0.923. The lowest BCUT2D eigenvalue weighted by Gasteiger charge is -2.21. The van der Waals surface area contributed by atoms with Crippen LogP contribution in [0.25, 0.3) is 0 Å². The number of hydrogen-bond donors (Lipinski definition) is 1. The highest BCUT2D eigenvalue weighted by molar-refractivity contribution is 4.90. The zero-order chi connectivity index (χ0) is 11.8. The molecule has 1 aliphatic carbocycles. The van der Waals surface area contributed by atoms with Crippen molar-refractivity contribution in [3.05, 3.63) is 0 Å². The summed E-state index contributed by atoms with van der Waals surface area (Å²) in [5.74, 6) is 0.948. The Morgan fingerprint density at radius 2 is 2.19 bits per heavy atom. The highest BCUT2D eigenvalue weighted by Crippen LogP contribution is 2.29. The summed E-state index contributed by atoms with van der Waals surface area (Å²) in [5, 5.41) is 12.3. The van der Waals surface area contributed by atoms with E-state index >= 15 is 0 Å². The van der Waals surface area contributed by atoms with Crippen LogP contribution in [0.4, 0.5) is 0 Å². The van der Waals surface area contributed by atoms with Gasteiger partial charge in [-0.25, -0.2) is 0 Å². The van der Waals surface area contributed by atoms with Gasteiger partial charge in [0.05, 0.1) is 12.1 Å². The summed E-state index contributed by atoms with van der Waals surface area (Å²) >= 11 is 0. The zero-order valence-corrected chi connectivity index (χ0v) is 10.7. The Morgan fingerprint density at radius 1 is 1.44 bits per heavy atom. The van der Waals surface area contributed by atoms with E-state index in [1.807, 2.05) is 0 Å². The quantitative estimate of drug-likeness (QED) is 0.650. The maximum absolute atomic E-state index is 9.00. The van der Waals surface area contributed by atoms with Gasteiger partial charge in [0.2, 0.25) is 0 Å². The summed E-state index contributed by atoms with van der Waals surface area (Å²) in [4.78, 5) is 2.48. The Kier molecular flexibility index (Phi) is 6.44. The van der Waals surface area contributed by atoms with Crippen LogP contribution in [0.1, 0.15) is 39.5 Å². The number of nitrogens with zero attached hydrogens (tertiary/aromatic N) is 2. The molecule has 92 valence electrons. The molecule has 0 aromatic carbocycles. The molecule has 1 N–H and O–H groups in total. The van der Waals surface area contributed by atoms with Gasteiger partial charge in [-0.05, 0) is 44.7 Å². The van der Waals surface area contributed by atoms with Gasteiger partial charge in [0.15, 0.2) is 0 Å². The van der Waals surface area contributed by atoms with E-state index in [1.54, 1.807) is 0 Å².